The van der Waals surface area contributed by atoms with E-state index in [1.807, 2.05) is 17.1 Å². The van der Waals surface area contributed by atoms with Gasteiger partial charge in [-0.1, -0.05) is 19.3 Å². The van der Waals surface area contributed by atoms with E-state index in [1.54, 1.807) is 0 Å². The fourth-order valence-corrected chi connectivity index (χ4v) is 5.06. The van der Waals surface area contributed by atoms with Crippen LogP contribution in [-0.2, 0) is 11.4 Å². The summed E-state index contributed by atoms with van der Waals surface area (Å²) in [6.07, 6.45) is 16.5. The van der Waals surface area contributed by atoms with Gasteiger partial charge >= 0.3 is 0 Å². The number of nitrogens with zero attached hydrogens (tertiary/aromatic N) is 3. The number of anilines is 1. The summed E-state index contributed by atoms with van der Waals surface area (Å²) < 4.78 is 1.96. The Balaban J connectivity index is 1.53. The van der Waals surface area contributed by atoms with Gasteiger partial charge in [0.15, 0.2) is 5.65 Å². The highest BCUT2D eigenvalue weighted by Crippen LogP contribution is 2.40. The zero-order valence-electron chi connectivity index (χ0n) is 17.3. The number of nitrogens with one attached hydrogen (secondary N) is 2. The molecule has 2 fully saturated rings. The molecule has 0 amide bonds. The van der Waals surface area contributed by atoms with Crippen molar-refractivity contribution in [2.75, 3.05) is 5.32 Å². The summed E-state index contributed by atoms with van der Waals surface area (Å²) in [6, 6.07) is 0.797. The van der Waals surface area contributed by atoms with E-state index in [4.69, 9.17) is 15.6 Å². The summed E-state index contributed by atoms with van der Waals surface area (Å²) >= 11 is 0. The summed E-state index contributed by atoms with van der Waals surface area (Å²) in [7, 11) is 0. The fraction of sp³-hybridized carbons (Fsp3) is 0.636. The van der Waals surface area contributed by atoms with Gasteiger partial charge in [0.1, 0.15) is 5.60 Å². The second-order valence-electron chi connectivity index (χ2n) is 8.89. The SMILES string of the molecule is CCn1ncc2c(NC3CCCCC3)c(C3=CC4(CCC(N)CC4)ON3)cnc21. The molecule has 4 N–H and O–H groups in total. The standard InChI is InChI=1S/C22H32N6O/c1-2-28-21-18(14-25-28)20(26-16-6-4-3-5-7-16)17(13-24-21)19-12-22(29-27-19)10-8-15(23)9-11-22/h12-16,27H,2-11,23H2,1H3,(H,24,26). The van der Waals surface area contributed by atoms with Crippen molar-refractivity contribution in [3.05, 3.63) is 24.0 Å². The highest BCUT2D eigenvalue weighted by molar-refractivity contribution is 5.95. The lowest BCUT2D eigenvalue weighted by molar-refractivity contribution is -0.0581. The molecule has 3 heterocycles. The number of hydrogen-bond acceptors (Lipinski definition) is 6. The number of nitrogens with two attached hydrogens (primary N) is 1. The van der Waals surface area contributed by atoms with Crippen LogP contribution in [0.2, 0.25) is 0 Å². The normalized spacial score (nSPS) is 27.9. The van der Waals surface area contributed by atoms with Crippen LogP contribution in [0.25, 0.3) is 16.7 Å². The van der Waals surface area contributed by atoms with Crippen LogP contribution in [0.15, 0.2) is 18.5 Å². The van der Waals surface area contributed by atoms with Gasteiger partial charge < -0.3 is 11.1 Å². The monoisotopic (exact) mass is 396 g/mol. The number of aryl methyl sites for hydroxylation is 1. The van der Waals surface area contributed by atoms with E-state index >= 15 is 0 Å². The molecule has 5 rings (SSSR count). The molecule has 29 heavy (non-hydrogen) atoms. The molecule has 1 aliphatic heterocycles. The molecule has 3 aliphatic rings. The molecule has 2 aromatic rings. The molecule has 0 unspecified atom stereocenters. The Morgan fingerprint density at radius 2 is 2.00 bits per heavy atom. The Morgan fingerprint density at radius 1 is 1.21 bits per heavy atom. The lowest BCUT2D eigenvalue weighted by atomic mass is 9.82. The maximum Gasteiger partial charge on any atom is 0.159 e. The van der Waals surface area contributed by atoms with Crippen molar-refractivity contribution in [1.82, 2.24) is 20.2 Å². The lowest BCUT2D eigenvalue weighted by Gasteiger charge is -2.32. The van der Waals surface area contributed by atoms with Crippen LogP contribution in [-0.4, -0.2) is 32.4 Å². The van der Waals surface area contributed by atoms with Crippen LogP contribution in [0.1, 0.15) is 70.3 Å². The highest BCUT2D eigenvalue weighted by Gasteiger charge is 2.39. The number of hydrogen-bond donors (Lipinski definition) is 3. The zero-order valence-corrected chi connectivity index (χ0v) is 17.3. The van der Waals surface area contributed by atoms with Crippen molar-refractivity contribution in [2.45, 2.75) is 88.9 Å². The van der Waals surface area contributed by atoms with E-state index in [-0.39, 0.29) is 5.60 Å². The minimum atomic E-state index is -0.240. The van der Waals surface area contributed by atoms with Crippen molar-refractivity contribution in [2.24, 2.45) is 5.73 Å². The molecule has 0 bridgehead atoms. The Labute approximate surface area is 172 Å². The molecule has 1 spiro atoms. The number of hydroxylamine groups is 1. The van der Waals surface area contributed by atoms with Crippen molar-refractivity contribution in [3.63, 3.8) is 0 Å². The third kappa shape index (κ3) is 3.51. The third-order valence-corrected chi connectivity index (χ3v) is 6.86. The van der Waals surface area contributed by atoms with Crippen LogP contribution >= 0.6 is 0 Å². The molecule has 2 aromatic heterocycles. The molecular weight excluding hydrogens is 364 g/mol. The van der Waals surface area contributed by atoms with Crippen molar-refractivity contribution < 1.29 is 4.84 Å². The minimum Gasteiger partial charge on any atom is -0.381 e. The maximum atomic E-state index is 6.11. The molecule has 156 valence electrons. The van der Waals surface area contributed by atoms with Crippen LogP contribution in [0.4, 0.5) is 5.69 Å². The average Bonchev–Trinajstić information content (AvgIpc) is 3.36. The molecular formula is C22H32N6O. The van der Waals surface area contributed by atoms with Gasteiger partial charge in [-0.3, -0.25) is 10.3 Å². The second kappa shape index (κ2) is 7.61. The fourth-order valence-electron chi connectivity index (χ4n) is 5.06. The zero-order chi connectivity index (χ0) is 19.8. The van der Waals surface area contributed by atoms with Gasteiger partial charge in [0.25, 0.3) is 0 Å². The molecule has 2 aliphatic carbocycles. The Bertz CT molecular complexity index is 905. The first-order valence-corrected chi connectivity index (χ1v) is 11.2. The minimum absolute atomic E-state index is 0.240. The van der Waals surface area contributed by atoms with E-state index in [0.717, 1.165) is 60.2 Å². The molecule has 0 radical (unpaired) electrons. The van der Waals surface area contributed by atoms with Gasteiger partial charge in [-0.15, -0.1) is 0 Å². The van der Waals surface area contributed by atoms with Crippen LogP contribution < -0.4 is 16.5 Å². The number of aromatic nitrogens is 3. The van der Waals surface area contributed by atoms with Gasteiger partial charge in [0, 0.05) is 30.4 Å². The molecule has 0 saturated heterocycles. The summed E-state index contributed by atoms with van der Waals surface area (Å²) in [5.41, 5.74) is 13.3. The van der Waals surface area contributed by atoms with Crippen LogP contribution in [0.3, 0.4) is 0 Å². The van der Waals surface area contributed by atoms with E-state index in [1.165, 1.54) is 32.1 Å². The van der Waals surface area contributed by atoms with E-state index in [2.05, 4.69) is 28.9 Å². The number of rotatable bonds is 4. The average molecular weight is 397 g/mol. The highest BCUT2D eigenvalue weighted by atomic mass is 16.7. The van der Waals surface area contributed by atoms with Gasteiger partial charge in [0.05, 0.1) is 23.0 Å². The maximum absolute atomic E-state index is 6.11. The first-order chi connectivity index (χ1) is 14.2. The lowest BCUT2D eigenvalue weighted by Crippen LogP contribution is -2.39. The molecule has 0 atom stereocenters. The van der Waals surface area contributed by atoms with Crippen molar-refractivity contribution in [1.29, 1.82) is 0 Å². The summed E-state index contributed by atoms with van der Waals surface area (Å²) in [6.45, 7) is 2.91. The van der Waals surface area contributed by atoms with E-state index < -0.39 is 0 Å². The first-order valence-electron chi connectivity index (χ1n) is 11.2. The molecule has 0 aromatic carbocycles. The second-order valence-corrected chi connectivity index (χ2v) is 8.89. The van der Waals surface area contributed by atoms with Crippen LogP contribution in [0.5, 0.6) is 0 Å². The van der Waals surface area contributed by atoms with E-state index in [0.29, 0.717) is 12.1 Å². The van der Waals surface area contributed by atoms with Gasteiger partial charge in [-0.25, -0.2) is 9.67 Å². The van der Waals surface area contributed by atoms with Crippen molar-refractivity contribution in [3.8, 4) is 0 Å². The molecule has 2 saturated carbocycles. The summed E-state index contributed by atoms with van der Waals surface area (Å²) in [5, 5.41) is 9.50. The number of pyridine rings is 1. The molecule has 7 heteroatoms. The Kier molecular flexibility index (Phi) is 4.95. The summed E-state index contributed by atoms with van der Waals surface area (Å²) in [4.78, 5) is 10.9. The predicted octanol–water partition coefficient (Wildman–Crippen LogP) is 3.71. The topological polar surface area (TPSA) is 90.0 Å². The van der Waals surface area contributed by atoms with Crippen LogP contribution in [0, 0.1) is 0 Å². The quantitative estimate of drug-likeness (QED) is 0.730. The van der Waals surface area contributed by atoms with Gasteiger partial charge in [-0.05, 0) is 51.5 Å². The molecule has 7 nitrogen and oxygen atoms in total. The number of fused-ring (bicyclic) bond motifs is 1. The van der Waals surface area contributed by atoms with Gasteiger partial charge in [-0.2, -0.15) is 5.10 Å². The predicted molar refractivity (Wildman–Crippen MR) is 115 cm³/mol. The van der Waals surface area contributed by atoms with Crippen molar-refractivity contribution >= 4 is 22.4 Å². The smallest absolute Gasteiger partial charge is 0.159 e. The largest absolute Gasteiger partial charge is 0.381 e. The van der Waals surface area contributed by atoms with E-state index in [9.17, 15) is 0 Å². The first kappa shape index (κ1) is 18.9. The Hall–Kier alpha value is -2.12. The Morgan fingerprint density at radius 3 is 2.76 bits per heavy atom. The summed E-state index contributed by atoms with van der Waals surface area (Å²) in [5.74, 6) is 0. The third-order valence-electron chi connectivity index (χ3n) is 6.86. The van der Waals surface area contributed by atoms with Gasteiger partial charge in [0.2, 0.25) is 0 Å².